The van der Waals surface area contributed by atoms with E-state index in [1.807, 2.05) is 73.7 Å². The molecule has 0 aliphatic rings. The third-order valence-corrected chi connectivity index (χ3v) is 4.26. The van der Waals surface area contributed by atoms with E-state index in [4.69, 9.17) is 4.74 Å². The van der Waals surface area contributed by atoms with Crippen molar-refractivity contribution in [2.45, 2.75) is 13.5 Å². The summed E-state index contributed by atoms with van der Waals surface area (Å²) in [6, 6.07) is 21.4. The standard InChI is InChI=1S/C21H19N5O2/c1-15(13-26-20-9-5-4-8-19(20)23-25-26)22-24-21(27)14-28-18-11-10-16-6-2-3-7-17(16)12-18/h2-12H,13-14H2,1H3,(H,24,27). The summed E-state index contributed by atoms with van der Waals surface area (Å²) in [6.45, 7) is 2.15. The maximum atomic E-state index is 12.0. The molecule has 0 radical (unpaired) electrons. The number of nitrogens with one attached hydrogen (secondary N) is 1. The van der Waals surface area contributed by atoms with Crippen LogP contribution in [0.25, 0.3) is 21.8 Å². The molecule has 1 heterocycles. The van der Waals surface area contributed by atoms with E-state index in [1.54, 1.807) is 4.68 Å². The molecule has 1 amide bonds. The minimum atomic E-state index is -0.323. The van der Waals surface area contributed by atoms with Crippen LogP contribution < -0.4 is 10.2 Å². The summed E-state index contributed by atoms with van der Waals surface area (Å²) in [5, 5.41) is 14.5. The van der Waals surface area contributed by atoms with Gasteiger partial charge in [0.1, 0.15) is 11.3 Å². The maximum Gasteiger partial charge on any atom is 0.277 e. The van der Waals surface area contributed by atoms with Gasteiger partial charge in [0, 0.05) is 0 Å². The molecule has 7 nitrogen and oxygen atoms in total. The van der Waals surface area contributed by atoms with Crippen LogP contribution in [-0.4, -0.2) is 33.2 Å². The molecule has 28 heavy (non-hydrogen) atoms. The fraction of sp³-hybridized carbons (Fsp3) is 0.143. The van der Waals surface area contributed by atoms with Gasteiger partial charge in [0.25, 0.3) is 5.91 Å². The molecule has 140 valence electrons. The van der Waals surface area contributed by atoms with Gasteiger partial charge in [-0.05, 0) is 42.0 Å². The van der Waals surface area contributed by atoms with Crippen molar-refractivity contribution in [1.29, 1.82) is 0 Å². The lowest BCUT2D eigenvalue weighted by atomic mass is 10.1. The third kappa shape index (κ3) is 3.98. The Morgan fingerprint density at radius 3 is 2.75 bits per heavy atom. The quantitative estimate of drug-likeness (QED) is 0.416. The van der Waals surface area contributed by atoms with E-state index >= 15 is 0 Å². The van der Waals surface area contributed by atoms with Crippen molar-refractivity contribution in [2.75, 3.05) is 6.61 Å². The Morgan fingerprint density at radius 1 is 1.07 bits per heavy atom. The fourth-order valence-corrected chi connectivity index (χ4v) is 2.88. The molecule has 0 unspecified atom stereocenters. The number of rotatable bonds is 6. The Kier molecular flexibility index (Phi) is 4.97. The smallest absolute Gasteiger partial charge is 0.277 e. The number of nitrogens with zero attached hydrogens (tertiary/aromatic N) is 4. The molecule has 1 N–H and O–H groups in total. The highest BCUT2D eigenvalue weighted by molar-refractivity contribution is 5.86. The second-order valence-corrected chi connectivity index (χ2v) is 6.42. The Labute approximate surface area is 161 Å². The van der Waals surface area contributed by atoms with Crippen molar-refractivity contribution in [2.24, 2.45) is 5.10 Å². The third-order valence-electron chi connectivity index (χ3n) is 4.26. The average Bonchev–Trinajstić information content (AvgIpc) is 3.13. The number of hydrazone groups is 1. The molecule has 0 spiro atoms. The van der Waals surface area contributed by atoms with Gasteiger partial charge in [-0.15, -0.1) is 5.10 Å². The van der Waals surface area contributed by atoms with Crippen LogP contribution in [0.15, 0.2) is 71.8 Å². The number of carbonyl (C=O) groups excluding carboxylic acids is 1. The summed E-state index contributed by atoms with van der Waals surface area (Å²) in [5.41, 5.74) is 4.96. The summed E-state index contributed by atoms with van der Waals surface area (Å²) in [7, 11) is 0. The predicted molar refractivity (Wildman–Crippen MR) is 108 cm³/mol. The summed E-state index contributed by atoms with van der Waals surface area (Å²) in [4.78, 5) is 12.0. The van der Waals surface area contributed by atoms with E-state index in [9.17, 15) is 4.79 Å². The largest absolute Gasteiger partial charge is 0.484 e. The molecular weight excluding hydrogens is 354 g/mol. The second-order valence-electron chi connectivity index (χ2n) is 6.42. The Bertz CT molecular complexity index is 1170. The zero-order valence-corrected chi connectivity index (χ0v) is 15.4. The van der Waals surface area contributed by atoms with Gasteiger partial charge in [-0.25, -0.2) is 10.1 Å². The van der Waals surface area contributed by atoms with Crippen molar-refractivity contribution < 1.29 is 9.53 Å². The number of fused-ring (bicyclic) bond motifs is 2. The first-order valence-corrected chi connectivity index (χ1v) is 8.91. The van der Waals surface area contributed by atoms with Crippen LogP contribution in [0.5, 0.6) is 5.75 Å². The number of amides is 1. The summed E-state index contributed by atoms with van der Waals surface area (Å²) >= 11 is 0. The number of carbonyl (C=O) groups is 1. The Morgan fingerprint density at radius 2 is 1.86 bits per heavy atom. The molecule has 1 aromatic heterocycles. The van der Waals surface area contributed by atoms with E-state index in [0.29, 0.717) is 18.0 Å². The SMILES string of the molecule is CC(Cn1nnc2ccccc21)=NNC(=O)COc1ccc2ccccc2c1. The Hall–Kier alpha value is -3.74. The lowest BCUT2D eigenvalue weighted by Gasteiger charge is -2.07. The molecule has 0 saturated carbocycles. The molecule has 7 heteroatoms. The zero-order valence-electron chi connectivity index (χ0n) is 15.4. The topological polar surface area (TPSA) is 81.4 Å². The average molecular weight is 373 g/mol. The highest BCUT2D eigenvalue weighted by Gasteiger charge is 2.06. The molecule has 0 bridgehead atoms. The van der Waals surface area contributed by atoms with Crippen LogP contribution >= 0.6 is 0 Å². The van der Waals surface area contributed by atoms with Crippen molar-refractivity contribution in [3.8, 4) is 5.75 Å². The van der Waals surface area contributed by atoms with Crippen LogP contribution in [-0.2, 0) is 11.3 Å². The van der Waals surface area contributed by atoms with Gasteiger partial charge in [0.15, 0.2) is 6.61 Å². The number of benzene rings is 3. The van der Waals surface area contributed by atoms with Gasteiger partial charge < -0.3 is 4.74 Å². The van der Waals surface area contributed by atoms with Gasteiger partial charge >= 0.3 is 0 Å². The van der Waals surface area contributed by atoms with Crippen LogP contribution in [0.3, 0.4) is 0 Å². The van der Waals surface area contributed by atoms with Gasteiger partial charge in [-0.1, -0.05) is 47.7 Å². The van der Waals surface area contributed by atoms with E-state index < -0.39 is 0 Å². The Balaban J connectivity index is 1.32. The number of ether oxygens (including phenoxy) is 1. The zero-order chi connectivity index (χ0) is 19.3. The van der Waals surface area contributed by atoms with Crippen LogP contribution in [0, 0.1) is 0 Å². The van der Waals surface area contributed by atoms with E-state index in [-0.39, 0.29) is 12.5 Å². The fourth-order valence-electron chi connectivity index (χ4n) is 2.88. The van der Waals surface area contributed by atoms with Gasteiger partial charge in [0.05, 0.1) is 17.8 Å². The summed E-state index contributed by atoms with van der Waals surface area (Å²) in [6.07, 6.45) is 0. The van der Waals surface area contributed by atoms with Crippen molar-refractivity contribution >= 4 is 33.4 Å². The first-order chi connectivity index (χ1) is 13.7. The van der Waals surface area contributed by atoms with Crippen molar-refractivity contribution in [3.05, 3.63) is 66.7 Å². The van der Waals surface area contributed by atoms with Crippen molar-refractivity contribution in [1.82, 2.24) is 20.4 Å². The summed E-state index contributed by atoms with van der Waals surface area (Å²) in [5.74, 6) is 0.319. The monoisotopic (exact) mass is 373 g/mol. The van der Waals surface area contributed by atoms with E-state index in [0.717, 1.165) is 21.8 Å². The van der Waals surface area contributed by atoms with Crippen molar-refractivity contribution in [3.63, 3.8) is 0 Å². The van der Waals surface area contributed by atoms with Gasteiger partial charge in [0.2, 0.25) is 0 Å². The van der Waals surface area contributed by atoms with Crippen LogP contribution in [0.4, 0.5) is 0 Å². The lowest BCUT2D eigenvalue weighted by Crippen LogP contribution is -2.26. The van der Waals surface area contributed by atoms with E-state index in [2.05, 4.69) is 20.8 Å². The first-order valence-electron chi connectivity index (χ1n) is 8.91. The van der Waals surface area contributed by atoms with Gasteiger partial charge in [-0.2, -0.15) is 5.10 Å². The molecule has 0 fully saturated rings. The molecule has 4 rings (SSSR count). The first kappa shape index (κ1) is 17.7. The lowest BCUT2D eigenvalue weighted by molar-refractivity contribution is -0.123. The number of hydrogen-bond acceptors (Lipinski definition) is 5. The molecule has 4 aromatic rings. The minimum absolute atomic E-state index is 0.110. The predicted octanol–water partition coefficient (Wildman–Crippen LogP) is 3.16. The normalized spacial score (nSPS) is 11.7. The summed E-state index contributed by atoms with van der Waals surface area (Å²) < 4.78 is 7.30. The molecule has 0 atom stereocenters. The second kappa shape index (κ2) is 7.87. The number of aromatic nitrogens is 3. The van der Waals surface area contributed by atoms with Crippen LogP contribution in [0.1, 0.15) is 6.92 Å². The number of para-hydroxylation sites is 1. The maximum absolute atomic E-state index is 12.0. The highest BCUT2D eigenvalue weighted by atomic mass is 16.5. The highest BCUT2D eigenvalue weighted by Crippen LogP contribution is 2.20. The molecule has 3 aromatic carbocycles. The molecule has 0 aliphatic carbocycles. The van der Waals surface area contributed by atoms with Crippen LogP contribution in [0.2, 0.25) is 0 Å². The molecule has 0 saturated heterocycles. The van der Waals surface area contributed by atoms with Gasteiger partial charge in [-0.3, -0.25) is 4.79 Å². The van der Waals surface area contributed by atoms with E-state index in [1.165, 1.54) is 0 Å². The minimum Gasteiger partial charge on any atom is -0.484 e. The number of hydrogen-bond donors (Lipinski definition) is 1. The molecular formula is C21H19N5O2. The molecule has 0 aliphatic heterocycles.